The molecule has 7 atom stereocenters. The van der Waals surface area contributed by atoms with E-state index in [-0.39, 0.29) is 54.4 Å². The minimum absolute atomic E-state index is 0.0417. The van der Waals surface area contributed by atoms with E-state index < -0.39 is 11.9 Å². The molecule has 2 heterocycles. The Labute approximate surface area is 212 Å². The van der Waals surface area contributed by atoms with Gasteiger partial charge in [-0.2, -0.15) is 0 Å². The Kier molecular flexibility index (Phi) is 4.71. The molecular weight excluding hydrogens is 480 g/mol. The highest BCUT2D eigenvalue weighted by molar-refractivity contribution is 6.34. The Morgan fingerprint density at radius 2 is 1.53 bits per heavy atom. The van der Waals surface area contributed by atoms with E-state index >= 15 is 0 Å². The van der Waals surface area contributed by atoms with Gasteiger partial charge in [0, 0.05) is 13.0 Å². The summed E-state index contributed by atoms with van der Waals surface area (Å²) in [5, 5.41) is 0.446. The smallest absolute Gasteiger partial charge is 0.316 e. The van der Waals surface area contributed by atoms with Crippen molar-refractivity contribution in [3.63, 3.8) is 0 Å². The van der Waals surface area contributed by atoms with Gasteiger partial charge in [0.05, 0.1) is 34.2 Å². The lowest BCUT2D eigenvalue weighted by Gasteiger charge is -2.37. The molecule has 0 spiro atoms. The van der Waals surface area contributed by atoms with E-state index in [2.05, 4.69) is 12.2 Å². The van der Waals surface area contributed by atoms with Crippen molar-refractivity contribution < 1.29 is 23.9 Å². The first-order chi connectivity index (χ1) is 17.4. The molecule has 2 bridgehead atoms. The molecule has 4 aliphatic carbocycles. The predicted molar refractivity (Wildman–Crippen MR) is 131 cm³/mol. The number of para-hydroxylation sites is 1. The fraction of sp³-hybridized carbons (Fsp3) is 0.357. The average Bonchev–Trinajstić information content (AvgIpc) is 3.56. The normalized spacial score (nSPS) is 33.7. The number of imide groups is 1. The van der Waals surface area contributed by atoms with E-state index in [0.29, 0.717) is 34.0 Å². The zero-order valence-electron chi connectivity index (χ0n) is 19.2. The van der Waals surface area contributed by atoms with Crippen molar-refractivity contribution in [1.82, 2.24) is 0 Å². The van der Waals surface area contributed by atoms with Crippen LogP contribution in [0.5, 0.6) is 5.75 Å². The molecule has 4 fully saturated rings. The van der Waals surface area contributed by atoms with Crippen molar-refractivity contribution in [1.29, 1.82) is 0 Å². The number of nitrogens with zero attached hydrogens (tertiary/aromatic N) is 2. The summed E-state index contributed by atoms with van der Waals surface area (Å²) in [7, 11) is 0. The molecule has 2 saturated carbocycles. The zero-order valence-corrected chi connectivity index (χ0v) is 20.0. The molecule has 8 rings (SSSR count). The summed E-state index contributed by atoms with van der Waals surface area (Å²) >= 11 is 6.22. The third-order valence-corrected chi connectivity index (χ3v) is 8.90. The second-order valence-corrected chi connectivity index (χ2v) is 10.8. The van der Waals surface area contributed by atoms with E-state index in [9.17, 15) is 19.2 Å². The Balaban J connectivity index is 1.04. The largest absolute Gasteiger partial charge is 0.426 e. The summed E-state index contributed by atoms with van der Waals surface area (Å²) in [6, 6.07) is 13.5. The van der Waals surface area contributed by atoms with Crippen molar-refractivity contribution in [2.24, 2.45) is 41.4 Å². The predicted octanol–water partition coefficient (Wildman–Crippen LogP) is 3.86. The van der Waals surface area contributed by atoms with Gasteiger partial charge in [0.2, 0.25) is 17.7 Å². The van der Waals surface area contributed by atoms with Crippen molar-refractivity contribution in [2.75, 3.05) is 16.3 Å². The minimum atomic E-state index is -0.618. The molecule has 0 aromatic heterocycles. The van der Waals surface area contributed by atoms with Crippen molar-refractivity contribution >= 4 is 46.7 Å². The SMILES string of the molecule is O=C(Oc1ccc(N2C(=O)[C@@H]3[C@H]4C=C[C@@H]([C@@H]5C[C@H]45)[C@H]3C2=O)cc1)[C@H]1CC(=O)N(c2ccccc2Cl)C1. The molecule has 2 saturated heterocycles. The Hall–Kier alpha value is -3.45. The molecular formula is C28H23ClN2O5. The number of esters is 1. The van der Waals surface area contributed by atoms with Crippen LogP contribution in [-0.2, 0) is 19.2 Å². The summed E-state index contributed by atoms with van der Waals surface area (Å²) in [6.07, 6.45) is 5.47. The number of hydrogen-bond acceptors (Lipinski definition) is 5. The van der Waals surface area contributed by atoms with Gasteiger partial charge in [-0.05, 0) is 66.5 Å². The number of rotatable bonds is 4. The lowest BCUT2D eigenvalue weighted by atomic mass is 9.63. The van der Waals surface area contributed by atoms with Crippen LogP contribution < -0.4 is 14.5 Å². The Morgan fingerprint density at radius 1 is 0.889 bits per heavy atom. The molecule has 2 aliphatic heterocycles. The number of amides is 3. The van der Waals surface area contributed by atoms with E-state index in [1.54, 1.807) is 48.5 Å². The van der Waals surface area contributed by atoms with Gasteiger partial charge >= 0.3 is 5.97 Å². The lowest BCUT2D eigenvalue weighted by Crippen LogP contribution is -2.40. The van der Waals surface area contributed by atoms with E-state index in [1.807, 2.05) is 0 Å². The van der Waals surface area contributed by atoms with Crippen LogP contribution in [-0.4, -0.2) is 30.2 Å². The molecule has 36 heavy (non-hydrogen) atoms. The van der Waals surface area contributed by atoms with Crippen LogP contribution in [0.15, 0.2) is 60.7 Å². The first kappa shape index (κ1) is 21.8. The number of carbonyl (C=O) groups excluding carboxylic acids is 4. The summed E-state index contributed by atoms with van der Waals surface area (Å²) in [6.45, 7) is 0.192. The van der Waals surface area contributed by atoms with Crippen molar-refractivity contribution in [3.05, 3.63) is 65.7 Å². The fourth-order valence-electron chi connectivity index (χ4n) is 6.84. The molecule has 0 unspecified atom stereocenters. The van der Waals surface area contributed by atoms with Gasteiger partial charge < -0.3 is 9.64 Å². The summed E-state index contributed by atoms with van der Waals surface area (Å²) in [4.78, 5) is 54.7. The quantitative estimate of drug-likeness (QED) is 0.274. The second-order valence-electron chi connectivity index (χ2n) is 10.4. The van der Waals surface area contributed by atoms with Crippen LogP contribution in [0.25, 0.3) is 0 Å². The van der Waals surface area contributed by atoms with Crippen LogP contribution >= 0.6 is 11.6 Å². The van der Waals surface area contributed by atoms with Crippen molar-refractivity contribution in [2.45, 2.75) is 12.8 Å². The topological polar surface area (TPSA) is 84.0 Å². The fourth-order valence-corrected chi connectivity index (χ4v) is 7.08. The third-order valence-electron chi connectivity index (χ3n) is 8.58. The number of ether oxygens (including phenoxy) is 1. The number of halogens is 1. The first-order valence-electron chi connectivity index (χ1n) is 12.3. The molecule has 7 nitrogen and oxygen atoms in total. The van der Waals surface area contributed by atoms with Crippen LogP contribution in [0.4, 0.5) is 11.4 Å². The summed E-state index contributed by atoms with van der Waals surface area (Å²) in [5.74, 6) is -0.318. The molecule has 0 N–H and O–H groups in total. The number of anilines is 2. The van der Waals surface area contributed by atoms with Crippen LogP contribution in [0.3, 0.4) is 0 Å². The number of allylic oxidation sites excluding steroid dienone is 2. The van der Waals surface area contributed by atoms with Gasteiger partial charge in [-0.25, -0.2) is 0 Å². The number of benzene rings is 2. The van der Waals surface area contributed by atoms with E-state index in [1.165, 1.54) is 9.80 Å². The van der Waals surface area contributed by atoms with E-state index in [0.717, 1.165) is 6.42 Å². The van der Waals surface area contributed by atoms with Crippen LogP contribution in [0, 0.1) is 41.4 Å². The monoisotopic (exact) mass is 502 g/mol. The molecule has 3 amide bonds. The van der Waals surface area contributed by atoms with Gasteiger partial charge in [0.15, 0.2) is 0 Å². The average molecular weight is 503 g/mol. The second kappa shape index (κ2) is 7.77. The maximum Gasteiger partial charge on any atom is 0.316 e. The van der Waals surface area contributed by atoms with Crippen molar-refractivity contribution in [3.8, 4) is 5.75 Å². The third kappa shape index (κ3) is 3.11. The molecule has 8 heteroatoms. The lowest BCUT2D eigenvalue weighted by molar-refractivity contribution is -0.139. The number of hydrogen-bond donors (Lipinski definition) is 0. The summed E-state index contributed by atoms with van der Waals surface area (Å²) < 4.78 is 5.54. The zero-order chi connectivity index (χ0) is 24.7. The van der Waals surface area contributed by atoms with Gasteiger partial charge in [-0.3, -0.25) is 24.1 Å². The van der Waals surface area contributed by atoms with Gasteiger partial charge in [-0.15, -0.1) is 0 Å². The standard InChI is InChI=1S/C28H23ClN2O5/c29-21-3-1-2-4-22(21)30-13-14(11-23(30)32)28(35)36-16-7-5-15(6-8-16)31-26(33)24-17-9-10-18(20-12-19(17)20)25(24)27(31)34/h1-10,14,17-20,24-25H,11-13H2/t14-,17-,18-,19-,20+,24+,25+/m0/s1. The molecule has 0 radical (unpaired) electrons. The highest BCUT2D eigenvalue weighted by atomic mass is 35.5. The number of carbonyl (C=O) groups is 4. The van der Waals surface area contributed by atoms with Crippen LogP contribution in [0.2, 0.25) is 5.02 Å². The van der Waals surface area contributed by atoms with Gasteiger partial charge in [0.25, 0.3) is 0 Å². The van der Waals surface area contributed by atoms with E-state index in [4.69, 9.17) is 16.3 Å². The minimum Gasteiger partial charge on any atom is -0.426 e. The molecule has 182 valence electrons. The summed E-state index contributed by atoms with van der Waals surface area (Å²) in [5.41, 5.74) is 1.07. The maximum atomic E-state index is 13.3. The molecule has 6 aliphatic rings. The highest BCUT2D eigenvalue weighted by Gasteiger charge is 2.67. The van der Waals surface area contributed by atoms with Gasteiger partial charge in [-0.1, -0.05) is 35.9 Å². The Bertz CT molecular complexity index is 1320. The highest BCUT2D eigenvalue weighted by Crippen LogP contribution is 2.65. The van der Waals surface area contributed by atoms with Crippen LogP contribution in [0.1, 0.15) is 12.8 Å². The maximum absolute atomic E-state index is 13.3. The van der Waals surface area contributed by atoms with Gasteiger partial charge in [0.1, 0.15) is 5.75 Å². The molecule has 2 aromatic carbocycles. The first-order valence-corrected chi connectivity index (χ1v) is 12.7. The molecule has 2 aromatic rings. The Morgan fingerprint density at radius 3 is 2.17 bits per heavy atom.